The van der Waals surface area contributed by atoms with Gasteiger partial charge < -0.3 is 10.2 Å². The number of halogens is 4. The second kappa shape index (κ2) is 5.48. The van der Waals surface area contributed by atoms with Gasteiger partial charge >= 0.3 is 6.18 Å². The molecule has 0 unspecified atom stereocenters. The molecule has 21 heavy (non-hydrogen) atoms. The molecule has 0 amide bonds. The van der Waals surface area contributed by atoms with E-state index in [-0.39, 0.29) is 6.04 Å². The predicted octanol–water partition coefficient (Wildman–Crippen LogP) is 3.61. The van der Waals surface area contributed by atoms with Crippen LogP contribution in [0.3, 0.4) is 0 Å². The first kappa shape index (κ1) is 14.6. The molecule has 0 saturated heterocycles. The molecule has 0 heterocycles. The van der Waals surface area contributed by atoms with Gasteiger partial charge in [-0.2, -0.15) is 13.2 Å². The highest BCUT2D eigenvalue weighted by Gasteiger charge is 2.39. The van der Waals surface area contributed by atoms with Crippen molar-refractivity contribution in [2.45, 2.75) is 50.5 Å². The molecule has 0 aliphatic heterocycles. The summed E-state index contributed by atoms with van der Waals surface area (Å²) >= 11 is 0. The van der Waals surface area contributed by atoms with E-state index in [1.54, 1.807) is 0 Å². The monoisotopic (exact) mass is 302 g/mol. The smallest absolute Gasteiger partial charge is 0.359 e. The summed E-state index contributed by atoms with van der Waals surface area (Å²) in [6.07, 6.45) is -0.552. The van der Waals surface area contributed by atoms with Crippen LogP contribution in [-0.4, -0.2) is 24.8 Å². The summed E-state index contributed by atoms with van der Waals surface area (Å²) in [4.78, 5) is 1.38. The summed E-state index contributed by atoms with van der Waals surface area (Å²) in [7, 11) is 0. The fourth-order valence-electron chi connectivity index (χ4n) is 2.51. The quantitative estimate of drug-likeness (QED) is 0.808. The van der Waals surface area contributed by atoms with E-state index in [0.29, 0.717) is 23.8 Å². The van der Waals surface area contributed by atoms with Gasteiger partial charge in [-0.05, 0) is 49.4 Å². The van der Waals surface area contributed by atoms with Gasteiger partial charge in [0, 0.05) is 24.3 Å². The molecule has 0 radical (unpaired) electrons. The first-order valence-electron chi connectivity index (χ1n) is 7.27. The van der Waals surface area contributed by atoms with Gasteiger partial charge in [-0.1, -0.05) is 0 Å². The molecule has 1 N–H and O–H groups in total. The van der Waals surface area contributed by atoms with E-state index in [9.17, 15) is 17.6 Å². The van der Waals surface area contributed by atoms with Crippen LogP contribution in [0.5, 0.6) is 0 Å². The zero-order valence-corrected chi connectivity index (χ0v) is 11.6. The first-order valence-corrected chi connectivity index (χ1v) is 7.27. The first-order chi connectivity index (χ1) is 9.92. The maximum Gasteiger partial charge on any atom is 0.405 e. The summed E-state index contributed by atoms with van der Waals surface area (Å²) in [5, 5.41) is 3.24. The van der Waals surface area contributed by atoms with Crippen molar-refractivity contribution in [2.75, 3.05) is 11.4 Å². The maximum absolute atomic E-state index is 13.4. The summed E-state index contributed by atoms with van der Waals surface area (Å²) in [5.74, 6) is -0.408. The fraction of sp³-hybridized carbons (Fsp3) is 0.600. The van der Waals surface area contributed by atoms with E-state index in [0.717, 1.165) is 25.7 Å². The minimum Gasteiger partial charge on any atom is -0.359 e. The Morgan fingerprint density at radius 3 is 2.43 bits per heavy atom. The molecule has 1 aromatic carbocycles. The molecule has 0 bridgehead atoms. The second-order valence-corrected chi connectivity index (χ2v) is 5.90. The predicted molar refractivity (Wildman–Crippen MR) is 72.7 cm³/mol. The average Bonchev–Trinajstić information content (AvgIpc) is 3.26. The molecule has 2 nitrogen and oxygen atoms in total. The number of alkyl halides is 3. The van der Waals surface area contributed by atoms with Crippen molar-refractivity contribution in [1.29, 1.82) is 0 Å². The van der Waals surface area contributed by atoms with Crippen LogP contribution in [0.25, 0.3) is 0 Å². The Balaban J connectivity index is 1.82. The number of rotatable bonds is 6. The van der Waals surface area contributed by atoms with E-state index in [1.807, 2.05) is 0 Å². The van der Waals surface area contributed by atoms with Crippen molar-refractivity contribution in [3.8, 4) is 0 Å². The summed E-state index contributed by atoms with van der Waals surface area (Å²) < 4.78 is 51.8. The highest BCUT2D eigenvalue weighted by Crippen LogP contribution is 2.36. The summed E-state index contributed by atoms with van der Waals surface area (Å²) in [6.45, 7) is -0.557. The van der Waals surface area contributed by atoms with E-state index < -0.39 is 18.5 Å². The zero-order chi connectivity index (χ0) is 15.0. The van der Waals surface area contributed by atoms with Gasteiger partial charge in [-0.25, -0.2) is 4.39 Å². The fourth-order valence-corrected chi connectivity index (χ4v) is 2.51. The second-order valence-electron chi connectivity index (χ2n) is 5.90. The standard InChI is InChI=1S/C15H18F4N2/c16-11-1-6-14(10(7-11)8-20-12-2-3-12)21(13-4-5-13)9-15(17,18)19/h1,6-7,12-13,20H,2-5,8-9H2. The molecule has 2 saturated carbocycles. The highest BCUT2D eigenvalue weighted by molar-refractivity contribution is 5.56. The Morgan fingerprint density at radius 2 is 1.86 bits per heavy atom. The van der Waals surface area contributed by atoms with Crippen molar-refractivity contribution in [3.05, 3.63) is 29.6 Å². The Bertz CT molecular complexity index is 507. The zero-order valence-electron chi connectivity index (χ0n) is 11.6. The number of hydrogen-bond donors (Lipinski definition) is 1. The number of anilines is 1. The van der Waals surface area contributed by atoms with Gasteiger partial charge in [0.05, 0.1) is 0 Å². The van der Waals surface area contributed by atoms with E-state index in [2.05, 4.69) is 5.32 Å². The minimum atomic E-state index is -4.25. The van der Waals surface area contributed by atoms with E-state index in [1.165, 1.54) is 23.1 Å². The lowest BCUT2D eigenvalue weighted by molar-refractivity contribution is -0.120. The Hall–Kier alpha value is -1.30. The Kier molecular flexibility index (Phi) is 3.82. The summed E-state index contributed by atoms with van der Waals surface area (Å²) in [6, 6.07) is 4.41. The average molecular weight is 302 g/mol. The lowest BCUT2D eigenvalue weighted by Gasteiger charge is -2.28. The molecule has 0 aromatic heterocycles. The van der Waals surface area contributed by atoms with Crippen LogP contribution >= 0.6 is 0 Å². The van der Waals surface area contributed by atoms with Crippen LogP contribution in [0.4, 0.5) is 23.2 Å². The number of hydrogen-bond acceptors (Lipinski definition) is 2. The molecule has 0 spiro atoms. The maximum atomic E-state index is 13.4. The third kappa shape index (κ3) is 4.09. The Morgan fingerprint density at radius 1 is 1.14 bits per heavy atom. The van der Waals surface area contributed by atoms with Gasteiger partial charge in [0.1, 0.15) is 12.4 Å². The number of benzene rings is 1. The summed E-state index contributed by atoms with van der Waals surface area (Å²) in [5.41, 5.74) is 1.11. The molecule has 0 atom stereocenters. The molecular formula is C15H18F4N2. The normalized spacial score (nSPS) is 18.9. The molecule has 2 aliphatic carbocycles. The van der Waals surface area contributed by atoms with Crippen LogP contribution < -0.4 is 10.2 Å². The molecule has 3 rings (SSSR count). The van der Waals surface area contributed by atoms with Crippen molar-refractivity contribution in [2.24, 2.45) is 0 Å². The topological polar surface area (TPSA) is 15.3 Å². The molecule has 1 aromatic rings. The molecule has 116 valence electrons. The highest BCUT2D eigenvalue weighted by atomic mass is 19.4. The van der Waals surface area contributed by atoms with Crippen LogP contribution in [0.1, 0.15) is 31.2 Å². The minimum absolute atomic E-state index is 0.0724. The van der Waals surface area contributed by atoms with Crippen molar-refractivity contribution < 1.29 is 17.6 Å². The SMILES string of the molecule is Fc1ccc(N(CC(F)(F)F)C2CC2)c(CNC2CC2)c1. The molecule has 2 aliphatic rings. The van der Waals surface area contributed by atoms with Gasteiger partial charge in [0.2, 0.25) is 0 Å². The van der Waals surface area contributed by atoms with Crippen molar-refractivity contribution in [1.82, 2.24) is 5.32 Å². The van der Waals surface area contributed by atoms with Gasteiger partial charge in [-0.15, -0.1) is 0 Å². The number of nitrogens with one attached hydrogen (secondary N) is 1. The van der Waals surface area contributed by atoms with E-state index in [4.69, 9.17) is 0 Å². The Labute approximate surface area is 121 Å². The molecule has 2 fully saturated rings. The van der Waals surface area contributed by atoms with Crippen LogP contribution in [0, 0.1) is 5.82 Å². The van der Waals surface area contributed by atoms with Crippen LogP contribution in [0.15, 0.2) is 18.2 Å². The van der Waals surface area contributed by atoms with Gasteiger partial charge in [0.15, 0.2) is 0 Å². The van der Waals surface area contributed by atoms with Crippen molar-refractivity contribution in [3.63, 3.8) is 0 Å². The third-order valence-electron chi connectivity index (χ3n) is 3.85. The lowest BCUT2D eigenvalue weighted by atomic mass is 10.1. The van der Waals surface area contributed by atoms with Gasteiger partial charge in [0.25, 0.3) is 0 Å². The largest absolute Gasteiger partial charge is 0.405 e. The number of nitrogens with zero attached hydrogens (tertiary/aromatic N) is 1. The lowest BCUT2D eigenvalue weighted by Crippen LogP contribution is -2.37. The van der Waals surface area contributed by atoms with Crippen molar-refractivity contribution >= 4 is 5.69 Å². The van der Waals surface area contributed by atoms with Crippen LogP contribution in [-0.2, 0) is 6.54 Å². The van der Waals surface area contributed by atoms with E-state index >= 15 is 0 Å². The molecular weight excluding hydrogens is 284 g/mol. The van der Waals surface area contributed by atoms with Gasteiger partial charge in [-0.3, -0.25) is 0 Å². The van der Waals surface area contributed by atoms with Crippen LogP contribution in [0.2, 0.25) is 0 Å². The third-order valence-corrected chi connectivity index (χ3v) is 3.85. The molecule has 6 heteroatoms.